The van der Waals surface area contributed by atoms with Crippen molar-refractivity contribution >= 4 is 11.3 Å². The van der Waals surface area contributed by atoms with E-state index in [1.54, 1.807) is 0 Å². The van der Waals surface area contributed by atoms with Crippen LogP contribution in [0.5, 0.6) is 0 Å². The molecule has 0 unspecified atom stereocenters. The zero-order valence-corrected chi connectivity index (χ0v) is 13.5. The average Bonchev–Trinajstić information content (AvgIpc) is 2.84. The highest BCUT2D eigenvalue weighted by Gasteiger charge is 2.09. The summed E-state index contributed by atoms with van der Waals surface area (Å²) in [5, 5.41) is 4.72. The zero-order chi connectivity index (χ0) is 14.4. The molecule has 0 fully saturated rings. The van der Waals surface area contributed by atoms with E-state index in [2.05, 4.69) is 50.4 Å². The first-order valence-corrected chi connectivity index (χ1v) is 8.28. The Morgan fingerprint density at radius 1 is 1.15 bits per heavy atom. The Morgan fingerprint density at radius 3 is 2.55 bits per heavy atom. The molecule has 20 heavy (non-hydrogen) atoms. The number of hydrogen-bond donors (Lipinski definition) is 1. The molecule has 0 saturated carbocycles. The van der Waals surface area contributed by atoms with Gasteiger partial charge in [0.15, 0.2) is 0 Å². The largest absolute Gasteiger partial charge is 0.312 e. The second-order valence-corrected chi connectivity index (χ2v) is 6.34. The van der Waals surface area contributed by atoms with Gasteiger partial charge in [0, 0.05) is 17.8 Å². The van der Waals surface area contributed by atoms with Crippen LogP contribution in [0, 0.1) is 6.92 Å². The predicted octanol–water partition coefficient (Wildman–Crippen LogP) is 4.10. The molecule has 1 aromatic heterocycles. The SMILES string of the molecule is CCCNCc1sc(Cc2ccc(C)cc2)nc1CC. The van der Waals surface area contributed by atoms with Crippen LogP contribution in [0.15, 0.2) is 24.3 Å². The van der Waals surface area contributed by atoms with Gasteiger partial charge in [0.2, 0.25) is 0 Å². The van der Waals surface area contributed by atoms with Gasteiger partial charge in [0.05, 0.1) is 10.7 Å². The molecule has 0 aliphatic heterocycles. The second kappa shape index (κ2) is 7.55. The fraction of sp³-hybridized carbons (Fsp3) is 0.471. The molecule has 1 N–H and O–H groups in total. The minimum Gasteiger partial charge on any atom is -0.312 e. The smallest absolute Gasteiger partial charge is 0.0975 e. The van der Waals surface area contributed by atoms with Crippen LogP contribution >= 0.6 is 11.3 Å². The fourth-order valence-electron chi connectivity index (χ4n) is 2.19. The molecule has 0 radical (unpaired) electrons. The van der Waals surface area contributed by atoms with Gasteiger partial charge in [-0.05, 0) is 31.9 Å². The van der Waals surface area contributed by atoms with Crippen molar-refractivity contribution in [2.75, 3.05) is 6.54 Å². The molecule has 0 amide bonds. The van der Waals surface area contributed by atoms with Crippen LogP contribution in [0.25, 0.3) is 0 Å². The molecular formula is C17H24N2S. The van der Waals surface area contributed by atoms with Crippen molar-refractivity contribution in [3.8, 4) is 0 Å². The Morgan fingerprint density at radius 2 is 1.90 bits per heavy atom. The molecule has 0 atom stereocenters. The summed E-state index contributed by atoms with van der Waals surface area (Å²) in [4.78, 5) is 6.21. The Kier molecular flexibility index (Phi) is 5.74. The molecular weight excluding hydrogens is 264 g/mol. The Bertz CT molecular complexity index is 528. The van der Waals surface area contributed by atoms with Crippen LogP contribution in [-0.2, 0) is 19.4 Å². The molecule has 2 nitrogen and oxygen atoms in total. The number of nitrogens with one attached hydrogen (secondary N) is 1. The summed E-state index contributed by atoms with van der Waals surface area (Å²) in [7, 11) is 0. The summed E-state index contributed by atoms with van der Waals surface area (Å²) < 4.78 is 0. The van der Waals surface area contributed by atoms with E-state index in [-0.39, 0.29) is 0 Å². The topological polar surface area (TPSA) is 24.9 Å². The molecule has 3 heteroatoms. The lowest BCUT2D eigenvalue weighted by Crippen LogP contribution is -2.13. The minimum atomic E-state index is 0.950. The van der Waals surface area contributed by atoms with Crippen LogP contribution in [0.2, 0.25) is 0 Å². The van der Waals surface area contributed by atoms with Crippen LogP contribution in [0.1, 0.15) is 47.0 Å². The van der Waals surface area contributed by atoms with Crippen molar-refractivity contribution in [2.45, 2.75) is 46.6 Å². The van der Waals surface area contributed by atoms with Crippen LogP contribution in [0.3, 0.4) is 0 Å². The Labute approximate surface area is 126 Å². The van der Waals surface area contributed by atoms with E-state index in [1.807, 2.05) is 11.3 Å². The van der Waals surface area contributed by atoms with Gasteiger partial charge in [0.1, 0.15) is 0 Å². The van der Waals surface area contributed by atoms with E-state index < -0.39 is 0 Å². The van der Waals surface area contributed by atoms with Crippen molar-refractivity contribution in [3.05, 3.63) is 51.0 Å². The normalized spacial score (nSPS) is 10.9. The third kappa shape index (κ3) is 4.15. The summed E-state index contributed by atoms with van der Waals surface area (Å²) in [6, 6.07) is 8.76. The maximum atomic E-state index is 4.80. The van der Waals surface area contributed by atoms with Gasteiger partial charge in [-0.2, -0.15) is 0 Å². The summed E-state index contributed by atoms with van der Waals surface area (Å²) in [5.74, 6) is 0. The van der Waals surface area contributed by atoms with E-state index in [0.717, 1.165) is 25.9 Å². The van der Waals surface area contributed by atoms with Crippen molar-refractivity contribution in [3.63, 3.8) is 0 Å². The van der Waals surface area contributed by atoms with Crippen LogP contribution in [0.4, 0.5) is 0 Å². The van der Waals surface area contributed by atoms with E-state index in [0.29, 0.717) is 0 Å². The van der Waals surface area contributed by atoms with Gasteiger partial charge in [0.25, 0.3) is 0 Å². The standard InChI is InChI=1S/C17H24N2S/c1-4-10-18-12-16-15(5-2)19-17(20-16)11-14-8-6-13(3)7-9-14/h6-9,18H,4-5,10-12H2,1-3H3. The van der Waals surface area contributed by atoms with Gasteiger partial charge >= 0.3 is 0 Å². The van der Waals surface area contributed by atoms with Gasteiger partial charge in [-0.15, -0.1) is 11.3 Å². The van der Waals surface area contributed by atoms with Crippen molar-refractivity contribution in [1.82, 2.24) is 10.3 Å². The number of aromatic nitrogens is 1. The van der Waals surface area contributed by atoms with E-state index in [9.17, 15) is 0 Å². The predicted molar refractivity (Wildman–Crippen MR) is 87.5 cm³/mol. The summed E-state index contributed by atoms with van der Waals surface area (Å²) in [5.41, 5.74) is 3.92. The first-order chi connectivity index (χ1) is 9.72. The van der Waals surface area contributed by atoms with Crippen LogP contribution < -0.4 is 5.32 Å². The van der Waals surface area contributed by atoms with Gasteiger partial charge in [-0.25, -0.2) is 4.98 Å². The molecule has 2 rings (SSSR count). The molecule has 1 aromatic carbocycles. The number of rotatable bonds is 7. The Balaban J connectivity index is 2.06. The lowest BCUT2D eigenvalue weighted by molar-refractivity contribution is 0.676. The Hall–Kier alpha value is -1.19. The van der Waals surface area contributed by atoms with E-state index in [4.69, 9.17) is 4.98 Å². The number of benzene rings is 1. The number of hydrogen-bond acceptors (Lipinski definition) is 3. The fourth-order valence-corrected chi connectivity index (χ4v) is 3.35. The molecule has 0 aliphatic carbocycles. The van der Waals surface area contributed by atoms with Gasteiger partial charge in [-0.3, -0.25) is 0 Å². The monoisotopic (exact) mass is 288 g/mol. The molecule has 0 aliphatic rings. The number of thiazole rings is 1. The number of nitrogens with zero attached hydrogens (tertiary/aromatic N) is 1. The third-order valence-electron chi connectivity index (χ3n) is 3.35. The van der Waals surface area contributed by atoms with E-state index >= 15 is 0 Å². The summed E-state index contributed by atoms with van der Waals surface area (Å²) >= 11 is 1.86. The van der Waals surface area contributed by atoms with E-state index in [1.165, 1.54) is 33.1 Å². The first kappa shape index (κ1) is 15.2. The van der Waals surface area contributed by atoms with Crippen molar-refractivity contribution in [2.24, 2.45) is 0 Å². The molecule has 1 heterocycles. The third-order valence-corrected chi connectivity index (χ3v) is 4.44. The second-order valence-electron chi connectivity index (χ2n) is 5.17. The molecule has 0 spiro atoms. The molecule has 108 valence electrons. The maximum Gasteiger partial charge on any atom is 0.0975 e. The molecule has 2 aromatic rings. The number of aryl methyl sites for hydroxylation is 2. The van der Waals surface area contributed by atoms with Crippen molar-refractivity contribution in [1.29, 1.82) is 0 Å². The average molecular weight is 288 g/mol. The minimum absolute atomic E-state index is 0.950. The quantitative estimate of drug-likeness (QED) is 0.776. The highest BCUT2D eigenvalue weighted by molar-refractivity contribution is 7.11. The lowest BCUT2D eigenvalue weighted by Gasteiger charge is -2.01. The molecule has 0 bridgehead atoms. The van der Waals surface area contributed by atoms with Crippen molar-refractivity contribution < 1.29 is 0 Å². The highest BCUT2D eigenvalue weighted by Crippen LogP contribution is 2.22. The van der Waals surface area contributed by atoms with Crippen LogP contribution in [-0.4, -0.2) is 11.5 Å². The summed E-state index contributed by atoms with van der Waals surface area (Å²) in [6.45, 7) is 8.55. The maximum absolute atomic E-state index is 4.80. The highest BCUT2D eigenvalue weighted by atomic mass is 32.1. The van der Waals surface area contributed by atoms with Gasteiger partial charge < -0.3 is 5.32 Å². The first-order valence-electron chi connectivity index (χ1n) is 7.46. The zero-order valence-electron chi connectivity index (χ0n) is 12.7. The summed E-state index contributed by atoms with van der Waals surface area (Å²) in [6.07, 6.45) is 3.15. The lowest BCUT2D eigenvalue weighted by atomic mass is 10.1. The molecule has 0 saturated heterocycles. The van der Waals surface area contributed by atoms with Gasteiger partial charge in [-0.1, -0.05) is 43.7 Å².